The molecule has 0 aliphatic rings. The molecule has 2 amide bonds. The molecule has 3 N–H and O–H groups in total. The van der Waals surface area contributed by atoms with E-state index in [4.69, 9.17) is 5.26 Å². The maximum atomic E-state index is 12.1. The number of nitriles is 1. The van der Waals surface area contributed by atoms with Gasteiger partial charge in [-0.15, -0.1) is 0 Å². The van der Waals surface area contributed by atoms with Gasteiger partial charge in [-0.05, 0) is 30.9 Å². The molecule has 6 nitrogen and oxygen atoms in total. The highest BCUT2D eigenvalue weighted by molar-refractivity contribution is 5.97. The Morgan fingerprint density at radius 2 is 1.92 bits per heavy atom. The highest BCUT2D eigenvalue weighted by atomic mass is 16.1. The van der Waals surface area contributed by atoms with Gasteiger partial charge in [0.05, 0.1) is 6.04 Å². The van der Waals surface area contributed by atoms with Gasteiger partial charge in [0.2, 0.25) is 6.41 Å². The van der Waals surface area contributed by atoms with E-state index in [0.717, 1.165) is 12.0 Å². The Kier molecular flexibility index (Phi) is 8.69. The molecule has 0 saturated heterocycles. The van der Waals surface area contributed by atoms with Crippen LogP contribution in [0.2, 0.25) is 0 Å². The van der Waals surface area contributed by atoms with Gasteiger partial charge in [0.1, 0.15) is 11.6 Å². The van der Waals surface area contributed by atoms with Gasteiger partial charge in [-0.2, -0.15) is 5.26 Å². The Labute approximate surface area is 142 Å². The summed E-state index contributed by atoms with van der Waals surface area (Å²) < 4.78 is 0. The lowest BCUT2D eigenvalue weighted by atomic mass is 10.0. The van der Waals surface area contributed by atoms with Crippen molar-refractivity contribution < 1.29 is 9.59 Å². The lowest BCUT2D eigenvalue weighted by molar-refractivity contribution is -0.117. The van der Waals surface area contributed by atoms with E-state index in [1.54, 1.807) is 0 Å². The first kappa shape index (κ1) is 19.2. The van der Waals surface area contributed by atoms with E-state index in [2.05, 4.69) is 22.9 Å². The molecule has 0 radical (unpaired) electrons. The SMILES string of the molecule is CCc1ccc(C(C)NC(=O)/C(C#N)=C\NCCCNC=O)cc1. The summed E-state index contributed by atoms with van der Waals surface area (Å²) in [6.07, 6.45) is 3.72. The van der Waals surface area contributed by atoms with Crippen LogP contribution in [0.1, 0.15) is 37.4 Å². The third kappa shape index (κ3) is 6.53. The number of rotatable bonds is 10. The molecule has 128 valence electrons. The minimum absolute atomic E-state index is 0.0235. The second-order valence-corrected chi connectivity index (χ2v) is 5.34. The van der Waals surface area contributed by atoms with Gasteiger partial charge in [0, 0.05) is 19.3 Å². The van der Waals surface area contributed by atoms with Crippen molar-refractivity contribution in [3.63, 3.8) is 0 Å². The van der Waals surface area contributed by atoms with Crippen LogP contribution in [0.4, 0.5) is 0 Å². The maximum Gasteiger partial charge on any atom is 0.263 e. The molecule has 1 aromatic rings. The number of hydrogen-bond donors (Lipinski definition) is 3. The summed E-state index contributed by atoms with van der Waals surface area (Å²) in [4.78, 5) is 22.2. The molecule has 0 bridgehead atoms. The van der Waals surface area contributed by atoms with Crippen molar-refractivity contribution in [2.24, 2.45) is 0 Å². The summed E-state index contributed by atoms with van der Waals surface area (Å²) in [5.41, 5.74) is 2.25. The standard InChI is InChI=1S/C18H24N4O2/c1-3-15-5-7-16(8-6-15)14(2)22-18(24)17(11-19)12-20-9-4-10-21-13-23/h5-8,12-14,20H,3-4,9-10H2,1-2H3,(H,21,23)(H,22,24)/b17-12-. The Balaban J connectivity index is 2.53. The van der Waals surface area contributed by atoms with Gasteiger partial charge in [-0.3, -0.25) is 9.59 Å². The van der Waals surface area contributed by atoms with Crippen LogP contribution in [0.3, 0.4) is 0 Å². The predicted octanol–water partition coefficient (Wildman–Crippen LogP) is 1.56. The van der Waals surface area contributed by atoms with Crippen molar-refractivity contribution in [3.05, 3.63) is 47.2 Å². The average molecular weight is 328 g/mol. The van der Waals surface area contributed by atoms with Crippen molar-refractivity contribution in [2.45, 2.75) is 32.7 Å². The number of carbonyl (C=O) groups is 2. The number of benzene rings is 1. The fourth-order valence-electron chi connectivity index (χ4n) is 2.07. The average Bonchev–Trinajstić information content (AvgIpc) is 2.61. The van der Waals surface area contributed by atoms with E-state index in [1.165, 1.54) is 11.8 Å². The number of aryl methyl sites for hydroxylation is 1. The second-order valence-electron chi connectivity index (χ2n) is 5.34. The topological polar surface area (TPSA) is 94.0 Å². The minimum Gasteiger partial charge on any atom is -0.390 e. The molecule has 1 aromatic carbocycles. The van der Waals surface area contributed by atoms with Crippen LogP contribution in [0.25, 0.3) is 0 Å². The van der Waals surface area contributed by atoms with Crippen LogP contribution in [0.5, 0.6) is 0 Å². The molecular weight excluding hydrogens is 304 g/mol. The Morgan fingerprint density at radius 1 is 1.25 bits per heavy atom. The highest BCUT2D eigenvalue weighted by Crippen LogP contribution is 2.14. The van der Waals surface area contributed by atoms with E-state index in [-0.39, 0.29) is 11.6 Å². The van der Waals surface area contributed by atoms with Crippen LogP contribution in [-0.2, 0) is 16.0 Å². The van der Waals surface area contributed by atoms with Crippen molar-refractivity contribution >= 4 is 12.3 Å². The molecular formula is C18H24N4O2. The zero-order chi connectivity index (χ0) is 17.8. The fraction of sp³-hybridized carbons (Fsp3) is 0.389. The highest BCUT2D eigenvalue weighted by Gasteiger charge is 2.13. The van der Waals surface area contributed by atoms with Gasteiger partial charge in [0.15, 0.2) is 0 Å². The van der Waals surface area contributed by atoms with Gasteiger partial charge in [0.25, 0.3) is 5.91 Å². The van der Waals surface area contributed by atoms with Crippen molar-refractivity contribution in [1.29, 1.82) is 5.26 Å². The molecule has 0 heterocycles. The number of nitrogens with one attached hydrogen (secondary N) is 3. The van der Waals surface area contributed by atoms with Gasteiger partial charge < -0.3 is 16.0 Å². The Hall–Kier alpha value is -2.81. The smallest absolute Gasteiger partial charge is 0.263 e. The number of hydrogen-bond acceptors (Lipinski definition) is 4. The van der Waals surface area contributed by atoms with E-state index in [9.17, 15) is 9.59 Å². The minimum atomic E-state index is -0.414. The fourth-order valence-corrected chi connectivity index (χ4v) is 2.07. The van der Waals surface area contributed by atoms with Crippen LogP contribution >= 0.6 is 0 Å². The summed E-state index contributed by atoms with van der Waals surface area (Å²) in [5, 5.41) is 17.4. The Morgan fingerprint density at radius 3 is 2.50 bits per heavy atom. The predicted molar refractivity (Wildman–Crippen MR) is 92.8 cm³/mol. The van der Waals surface area contributed by atoms with Crippen molar-refractivity contribution in [1.82, 2.24) is 16.0 Å². The third-order valence-electron chi connectivity index (χ3n) is 3.57. The first-order valence-electron chi connectivity index (χ1n) is 8.02. The molecule has 0 saturated carbocycles. The van der Waals surface area contributed by atoms with Crippen LogP contribution in [0, 0.1) is 11.3 Å². The summed E-state index contributed by atoms with van der Waals surface area (Å²) >= 11 is 0. The largest absolute Gasteiger partial charge is 0.390 e. The quantitative estimate of drug-likeness (QED) is 0.263. The molecule has 0 aliphatic heterocycles. The lowest BCUT2D eigenvalue weighted by Crippen LogP contribution is -2.28. The molecule has 0 fully saturated rings. The van der Waals surface area contributed by atoms with E-state index >= 15 is 0 Å². The zero-order valence-corrected chi connectivity index (χ0v) is 14.1. The van der Waals surface area contributed by atoms with E-state index in [1.807, 2.05) is 37.3 Å². The maximum absolute atomic E-state index is 12.1. The molecule has 0 aromatic heterocycles. The van der Waals surface area contributed by atoms with E-state index in [0.29, 0.717) is 25.9 Å². The third-order valence-corrected chi connectivity index (χ3v) is 3.57. The summed E-state index contributed by atoms with van der Waals surface area (Å²) in [6.45, 7) is 5.08. The molecule has 0 aliphatic carbocycles. The van der Waals surface area contributed by atoms with E-state index < -0.39 is 5.91 Å². The zero-order valence-electron chi connectivity index (χ0n) is 14.1. The second kappa shape index (κ2) is 10.8. The Bertz CT molecular complexity index is 602. The monoisotopic (exact) mass is 328 g/mol. The normalized spacial score (nSPS) is 12.0. The molecule has 1 unspecified atom stereocenters. The van der Waals surface area contributed by atoms with Gasteiger partial charge in [-0.25, -0.2) is 0 Å². The summed E-state index contributed by atoms with van der Waals surface area (Å²) in [5.74, 6) is -0.414. The molecule has 24 heavy (non-hydrogen) atoms. The van der Waals surface area contributed by atoms with Crippen LogP contribution < -0.4 is 16.0 Å². The van der Waals surface area contributed by atoms with Crippen LogP contribution in [0.15, 0.2) is 36.0 Å². The lowest BCUT2D eigenvalue weighted by Gasteiger charge is -2.14. The number of amides is 2. The van der Waals surface area contributed by atoms with Crippen molar-refractivity contribution in [3.8, 4) is 6.07 Å². The van der Waals surface area contributed by atoms with Gasteiger partial charge >= 0.3 is 0 Å². The number of carbonyl (C=O) groups excluding carboxylic acids is 2. The number of nitrogens with zero attached hydrogens (tertiary/aromatic N) is 1. The van der Waals surface area contributed by atoms with Gasteiger partial charge in [-0.1, -0.05) is 31.2 Å². The molecule has 1 rings (SSSR count). The van der Waals surface area contributed by atoms with Crippen LogP contribution in [-0.4, -0.2) is 25.4 Å². The summed E-state index contributed by atoms with van der Waals surface area (Å²) in [6, 6.07) is 9.75. The molecule has 1 atom stereocenters. The summed E-state index contributed by atoms with van der Waals surface area (Å²) in [7, 11) is 0. The molecule has 0 spiro atoms. The molecule has 6 heteroatoms. The first-order valence-corrected chi connectivity index (χ1v) is 8.02. The first-order chi connectivity index (χ1) is 11.6. The van der Waals surface area contributed by atoms with Crippen molar-refractivity contribution in [2.75, 3.05) is 13.1 Å².